The number of aliphatic hydroxyl groups is 2. The molecule has 8 nitrogen and oxygen atoms in total. The third-order valence-electron chi connectivity index (χ3n) is 4.24. The van der Waals surface area contributed by atoms with Gasteiger partial charge in [0.1, 0.15) is 11.6 Å². The largest absolute Gasteiger partial charge is 0.396 e. The Kier molecular flexibility index (Phi) is 6.46. The van der Waals surface area contributed by atoms with Crippen molar-refractivity contribution in [3.05, 3.63) is 73.7 Å². The predicted octanol–water partition coefficient (Wildman–Crippen LogP) is 2.35. The van der Waals surface area contributed by atoms with Crippen molar-refractivity contribution in [3.63, 3.8) is 0 Å². The molecule has 3 rings (SSSR count). The fourth-order valence-electron chi connectivity index (χ4n) is 2.57. The van der Waals surface area contributed by atoms with Crippen molar-refractivity contribution in [1.29, 1.82) is 0 Å². The van der Waals surface area contributed by atoms with Crippen LogP contribution >= 0.6 is 23.2 Å². The van der Waals surface area contributed by atoms with Crippen LogP contribution in [0.4, 0.5) is 0 Å². The zero-order valence-corrected chi connectivity index (χ0v) is 16.4. The molecular formula is C18H18Cl2N4O4. The van der Waals surface area contributed by atoms with Gasteiger partial charge in [-0.1, -0.05) is 47.4 Å². The maximum Gasteiger partial charge on any atom is 0.286 e. The molecule has 2 heterocycles. The topological polar surface area (TPSA) is 114 Å². The summed E-state index contributed by atoms with van der Waals surface area (Å²) in [4.78, 5) is 16.5. The van der Waals surface area contributed by atoms with Crippen molar-refractivity contribution in [2.45, 2.75) is 31.9 Å². The minimum atomic E-state index is -0.822. The number of hydrogen-bond acceptors (Lipinski definition) is 7. The first-order chi connectivity index (χ1) is 13.4. The summed E-state index contributed by atoms with van der Waals surface area (Å²) in [6.07, 6.45) is 0.755. The molecule has 0 spiro atoms. The van der Waals surface area contributed by atoms with Gasteiger partial charge in [0.25, 0.3) is 5.56 Å². The van der Waals surface area contributed by atoms with Crippen molar-refractivity contribution in [2.24, 2.45) is 0 Å². The van der Waals surface area contributed by atoms with Gasteiger partial charge in [0.05, 0.1) is 12.3 Å². The number of aromatic nitrogens is 4. The SMILES string of the molecule is C[C@@H](CO)c1cnn(Cc2nc(C[C@H](O)c3ccc(Cl)cc3)no2)c(=O)c1Cl. The first-order valence-corrected chi connectivity index (χ1v) is 9.26. The van der Waals surface area contributed by atoms with Crippen molar-refractivity contribution in [2.75, 3.05) is 6.61 Å². The average molecular weight is 425 g/mol. The maximum atomic E-state index is 12.4. The van der Waals surface area contributed by atoms with Gasteiger partial charge >= 0.3 is 0 Å². The highest BCUT2D eigenvalue weighted by molar-refractivity contribution is 6.31. The number of hydrogen-bond donors (Lipinski definition) is 2. The number of halogens is 2. The Labute approximate surface area is 170 Å². The van der Waals surface area contributed by atoms with Gasteiger partial charge in [-0.25, -0.2) is 4.68 Å². The van der Waals surface area contributed by atoms with E-state index >= 15 is 0 Å². The summed E-state index contributed by atoms with van der Waals surface area (Å²) < 4.78 is 6.24. The Morgan fingerprint density at radius 3 is 2.64 bits per heavy atom. The molecule has 10 heteroatoms. The second-order valence-electron chi connectivity index (χ2n) is 6.34. The van der Waals surface area contributed by atoms with E-state index in [-0.39, 0.29) is 36.4 Å². The van der Waals surface area contributed by atoms with Gasteiger partial charge in [-0.2, -0.15) is 10.1 Å². The summed E-state index contributed by atoms with van der Waals surface area (Å²) in [7, 11) is 0. The van der Waals surface area contributed by atoms with Gasteiger partial charge in [-0.05, 0) is 17.7 Å². The fraction of sp³-hybridized carbons (Fsp3) is 0.333. The van der Waals surface area contributed by atoms with Crippen LogP contribution in [0.1, 0.15) is 41.8 Å². The second kappa shape index (κ2) is 8.83. The monoisotopic (exact) mass is 424 g/mol. The summed E-state index contributed by atoms with van der Waals surface area (Å²) in [6.45, 7) is 1.53. The van der Waals surface area contributed by atoms with Gasteiger partial charge < -0.3 is 14.7 Å². The van der Waals surface area contributed by atoms with Crippen LogP contribution in [0.15, 0.2) is 39.8 Å². The molecule has 2 N–H and O–H groups in total. The Balaban J connectivity index is 1.72. The third kappa shape index (κ3) is 4.59. The zero-order valence-electron chi connectivity index (χ0n) is 14.9. The smallest absolute Gasteiger partial charge is 0.286 e. The lowest BCUT2D eigenvalue weighted by atomic mass is 10.1. The summed E-state index contributed by atoms with van der Waals surface area (Å²) in [5.41, 5.74) is 0.636. The highest BCUT2D eigenvalue weighted by atomic mass is 35.5. The predicted molar refractivity (Wildman–Crippen MR) is 103 cm³/mol. The molecule has 0 amide bonds. The van der Waals surface area contributed by atoms with Crippen LogP contribution in [-0.2, 0) is 13.0 Å². The van der Waals surface area contributed by atoms with E-state index in [9.17, 15) is 15.0 Å². The zero-order chi connectivity index (χ0) is 20.3. The lowest BCUT2D eigenvalue weighted by Crippen LogP contribution is -2.25. The quantitative estimate of drug-likeness (QED) is 0.597. The van der Waals surface area contributed by atoms with Crippen LogP contribution in [0, 0.1) is 0 Å². The summed E-state index contributed by atoms with van der Waals surface area (Å²) in [6, 6.07) is 6.80. The Morgan fingerprint density at radius 2 is 1.96 bits per heavy atom. The van der Waals surface area contributed by atoms with Crippen LogP contribution in [0.2, 0.25) is 10.0 Å². The molecule has 1 aromatic carbocycles. The number of benzene rings is 1. The van der Waals surface area contributed by atoms with E-state index in [0.29, 0.717) is 22.0 Å². The lowest BCUT2D eigenvalue weighted by molar-refractivity contribution is 0.174. The molecule has 2 aromatic heterocycles. The second-order valence-corrected chi connectivity index (χ2v) is 7.15. The van der Waals surface area contributed by atoms with Crippen molar-refractivity contribution in [3.8, 4) is 0 Å². The molecule has 0 aliphatic rings. The molecule has 148 valence electrons. The third-order valence-corrected chi connectivity index (χ3v) is 4.87. The molecule has 0 saturated carbocycles. The summed E-state index contributed by atoms with van der Waals surface area (Å²) in [5.74, 6) is 0.153. The highest BCUT2D eigenvalue weighted by Gasteiger charge is 2.17. The van der Waals surface area contributed by atoms with E-state index in [1.807, 2.05) is 0 Å². The molecule has 0 unspecified atom stereocenters. The van der Waals surface area contributed by atoms with E-state index < -0.39 is 11.7 Å². The maximum absolute atomic E-state index is 12.4. The van der Waals surface area contributed by atoms with Gasteiger partial charge in [0.2, 0.25) is 5.89 Å². The molecule has 0 aliphatic carbocycles. The molecule has 2 atom stereocenters. The van der Waals surface area contributed by atoms with Crippen LogP contribution in [0.25, 0.3) is 0 Å². The van der Waals surface area contributed by atoms with Crippen molar-refractivity contribution >= 4 is 23.2 Å². The molecule has 28 heavy (non-hydrogen) atoms. The average Bonchev–Trinajstić information content (AvgIpc) is 3.12. The molecule has 0 saturated heterocycles. The highest BCUT2D eigenvalue weighted by Crippen LogP contribution is 2.21. The van der Waals surface area contributed by atoms with E-state index in [1.54, 1.807) is 31.2 Å². The normalized spacial score (nSPS) is 13.5. The van der Waals surface area contributed by atoms with Gasteiger partial charge in [0.15, 0.2) is 5.82 Å². The fourth-order valence-corrected chi connectivity index (χ4v) is 3.03. The van der Waals surface area contributed by atoms with Crippen molar-refractivity contribution in [1.82, 2.24) is 19.9 Å². The van der Waals surface area contributed by atoms with Crippen LogP contribution in [0.3, 0.4) is 0 Å². The van der Waals surface area contributed by atoms with Gasteiger partial charge in [-0.15, -0.1) is 0 Å². The first-order valence-electron chi connectivity index (χ1n) is 8.50. The Bertz CT molecular complexity index is 1000. The van der Waals surface area contributed by atoms with E-state index in [4.69, 9.17) is 27.7 Å². The van der Waals surface area contributed by atoms with E-state index in [1.165, 1.54) is 6.20 Å². The molecular weight excluding hydrogens is 407 g/mol. The molecule has 0 radical (unpaired) electrons. The van der Waals surface area contributed by atoms with Crippen molar-refractivity contribution < 1.29 is 14.7 Å². The Morgan fingerprint density at radius 1 is 1.25 bits per heavy atom. The molecule has 0 bridgehead atoms. The minimum Gasteiger partial charge on any atom is -0.396 e. The van der Waals surface area contributed by atoms with Crippen LogP contribution < -0.4 is 5.56 Å². The van der Waals surface area contributed by atoms with Crippen LogP contribution in [-0.4, -0.2) is 36.7 Å². The summed E-state index contributed by atoms with van der Waals surface area (Å²) in [5, 5.41) is 27.9. The summed E-state index contributed by atoms with van der Waals surface area (Å²) >= 11 is 11.9. The number of rotatable bonds is 7. The van der Waals surface area contributed by atoms with Gasteiger partial charge in [0, 0.05) is 29.5 Å². The Hall–Kier alpha value is -2.26. The lowest BCUT2D eigenvalue weighted by Gasteiger charge is -2.10. The molecule has 0 fully saturated rings. The minimum absolute atomic E-state index is 0.00514. The standard InChI is InChI=1S/C18H18Cl2N4O4/c1-10(9-25)13-7-21-24(18(27)17(13)20)8-16-22-15(23-28-16)6-14(26)11-2-4-12(19)5-3-11/h2-5,7,10,14,25-26H,6,8-9H2,1H3/t10-,14-/m0/s1. The van der Waals surface area contributed by atoms with Crippen LogP contribution in [0.5, 0.6) is 0 Å². The first kappa shape index (κ1) is 20.5. The van der Waals surface area contributed by atoms with E-state index in [2.05, 4.69) is 15.2 Å². The molecule has 0 aliphatic heterocycles. The van der Waals surface area contributed by atoms with Gasteiger partial charge in [-0.3, -0.25) is 4.79 Å². The number of nitrogens with zero attached hydrogens (tertiary/aromatic N) is 4. The number of aliphatic hydroxyl groups excluding tert-OH is 2. The van der Waals surface area contributed by atoms with E-state index in [0.717, 1.165) is 4.68 Å². The molecule has 3 aromatic rings.